The lowest BCUT2D eigenvalue weighted by Crippen LogP contribution is -2.54. The van der Waals surface area contributed by atoms with Crippen molar-refractivity contribution >= 4 is 27.5 Å². The van der Waals surface area contributed by atoms with E-state index in [1.54, 1.807) is 12.1 Å². The van der Waals surface area contributed by atoms with Gasteiger partial charge in [0.05, 0.1) is 17.2 Å². The Hall–Kier alpha value is -4.70. The normalized spacial score (nSPS) is 12.5. The molecule has 248 valence electrons. The molecule has 4 rings (SSSR count). The fraction of sp³-hybridized carbons (Fsp3) is 0.297. The predicted molar refractivity (Wildman–Crippen MR) is 182 cm³/mol. The Morgan fingerprint density at radius 1 is 0.851 bits per heavy atom. The van der Waals surface area contributed by atoms with Gasteiger partial charge in [-0.05, 0) is 86.8 Å². The molecule has 0 radical (unpaired) electrons. The zero-order valence-corrected chi connectivity index (χ0v) is 28.0. The van der Waals surface area contributed by atoms with Crippen molar-refractivity contribution in [2.75, 3.05) is 17.5 Å². The number of carbonyl (C=O) groups is 2. The summed E-state index contributed by atoms with van der Waals surface area (Å²) in [4.78, 5) is 29.8. The van der Waals surface area contributed by atoms with Crippen LogP contribution in [0, 0.1) is 12.7 Å². The number of amides is 2. The molecule has 1 N–H and O–H groups in total. The van der Waals surface area contributed by atoms with Crippen LogP contribution in [0.15, 0.2) is 108 Å². The van der Waals surface area contributed by atoms with E-state index in [0.717, 1.165) is 33.1 Å². The minimum absolute atomic E-state index is 0.0604. The summed E-state index contributed by atoms with van der Waals surface area (Å²) in [7, 11) is -4.33. The van der Waals surface area contributed by atoms with Gasteiger partial charge in [0.15, 0.2) is 0 Å². The average molecular weight is 660 g/mol. The van der Waals surface area contributed by atoms with Crippen LogP contribution in [0.4, 0.5) is 10.1 Å². The monoisotopic (exact) mass is 659 g/mol. The molecule has 0 heterocycles. The summed E-state index contributed by atoms with van der Waals surface area (Å²) in [5, 5.41) is 3.02. The van der Waals surface area contributed by atoms with Crippen LogP contribution in [-0.4, -0.2) is 50.4 Å². The first-order valence-corrected chi connectivity index (χ1v) is 17.2. The highest BCUT2D eigenvalue weighted by molar-refractivity contribution is 7.92. The lowest BCUT2D eigenvalue weighted by atomic mass is 10.0. The van der Waals surface area contributed by atoms with Gasteiger partial charge in [-0.2, -0.15) is 0 Å². The molecule has 0 aliphatic carbocycles. The van der Waals surface area contributed by atoms with Crippen molar-refractivity contribution in [2.24, 2.45) is 0 Å². The van der Waals surface area contributed by atoms with Crippen molar-refractivity contribution in [3.8, 4) is 5.75 Å². The van der Waals surface area contributed by atoms with Crippen molar-refractivity contribution in [1.82, 2.24) is 10.2 Å². The van der Waals surface area contributed by atoms with E-state index in [2.05, 4.69) is 5.32 Å². The highest BCUT2D eigenvalue weighted by atomic mass is 32.2. The maximum absolute atomic E-state index is 14.5. The van der Waals surface area contributed by atoms with Crippen LogP contribution in [0.25, 0.3) is 0 Å². The maximum atomic E-state index is 14.5. The molecule has 4 aromatic carbocycles. The molecule has 0 bridgehead atoms. The smallest absolute Gasteiger partial charge is 0.264 e. The molecule has 4 aromatic rings. The Bertz CT molecular complexity index is 1720. The largest absolute Gasteiger partial charge is 0.494 e. The number of sulfonamides is 1. The minimum Gasteiger partial charge on any atom is -0.494 e. The number of aryl methyl sites for hydroxylation is 1. The van der Waals surface area contributed by atoms with E-state index < -0.39 is 34.3 Å². The quantitative estimate of drug-likeness (QED) is 0.162. The third kappa shape index (κ3) is 9.42. The van der Waals surface area contributed by atoms with Gasteiger partial charge in [0.1, 0.15) is 24.2 Å². The molecular formula is C37H42FN3O5S. The summed E-state index contributed by atoms with van der Waals surface area (Å²) in [5.74, 6) is -0.989. The van der Waals surface area contributed by atoms with E-state index in [0.29, 0.717) is 18.8 Å². The number of hydrogen-bond donors (Lipinski definition) is 1. The first-order chi connectivity index (χ1) is 22.5. The molecule has 0 aliphatic heterocycles. The van der Waals surface area contributed by atoms with E-state index >= 15 is 0 Å². The van der Waals surface area contributed by atoms with Crippen LogP contribution in [0.1, 0.15) is 43.9 Å². The number of carbonyl (C=O) groups excluding carboxylic acids is 2. The zero-order valence-electron chi connectivity index (χ0n) is 27.2. The molecule has 0 aliphatic rings. The molecule has 0 saturated carbocycles. The number of rotatable bonds is 15. The van der Waals surface area contributed by atoms with Crippen molar-refractivity contribution in [3.05, 3.63) is 126 Å². The van der Waals surface area contributed by atoms with Crippen molar-refractivity contribution in [3.63, 3.8) is 0 Å². The topological polar surface area (TPSA) is 96.0 Å². The molecule has 8 nitrogen and oxygen atoms in total. The standard InChI is InChI=1S/C37H42FN3O5S/c1-5-28(4)39-37(43)35(24-29-10-8-7-9-11-29)40(25-30-14-12-27(3)13-15-30)36(42)26-41(32-18-16-31(38)17-19-32)47(44,45)34-22-20-33(21-23-34)46-6-2/h7-23,28,35H,5-6,24-26H2,1-4H3,(H,39,43)/t28-,35-/m1/s1. The highest BCUT2D eigenvalue weighted by Gasteiger charge is 2.35. The number of nitrogens with zero attached hydrogens (tertiary/aromatic N) is 2. The second-order valence-corrected chi connectivity index (χ2v) is 13.3. The average Bonchev–Trinajstić information content (AvgIpc) is 3.07. The first kappa shape index (κ1) is 35.2. The molecular weight excluding hydrogens is 617 g/mol. The van der Waals surface area contributed by atoms with Crippen LogP contribution >= 0.6 is 0 Å². The van der Waals surface area contributed by atoms with Crippen molar-refractivity contribution < 1.29 is 27.1 Å². The summed E-state index contributed by atoms with van der Waals surface area (Å²) in [6, 6.07) is 26.7. The van der Waals surface area contributed by atoms with Gasteiger partial charge in [-0.1, -0.05) is 67.1 Å². The SMILES string of the molecule is CCOc1ccc(S(=O)(=O)N(CC(=O)N(Cc2ccc(C)cc2)[C@H](Cc2ccccc2)C(=O)N[C@H](C)CC)c2ccc(F)cc2)cc1. The molecule has 2 atom stereocenters. The van der Waals surface area contributed by atoms with Gasteiger partial charge in [0.25, 0.3) is 10.0 Å². The van der Waals surface area contributed by atoms with Crippen LogP contribution in [0.3, 0.4) is 0 Å². The van der Waals surface area contributed by atoms with Crippen LogP contribution in [-0.2, 0) is 32.6 Å². The summed E-state index contributed by atoms with van der Waals surface area (Å²) in [6.45, 7) is 7.47. The number of benzene rings is 4. The number of anilines is 1. The first-order valence-electron chi connectivity index (χ1n) is 15.7. The van der Waals surface area contributed by atoms with Crippen LogP contribution in [0.5, 0.6) is 5.75 Å². The zero-order chi connectivity index (χ0) is 34.0. The van der Waals surface area contributed by atoms with Crippen LogP contribution in [0.2, 0.25) is 0 Å². The van der Waals surface area contributed by atoms with E-state index in [1.165, 1.54) is 29.2 Å². The Morgan fingerprint density at radius 2 is 1.49 bits per heavy atom. The summed E-state index contributed by atoms with van der Waals surface area (Å²) >= 11 is 0. The number of nitrogens with one attached hydrogen (secondary N) is 1. The Kier molecular flexibility index (Phi) is 12.1. The number of halogens is 1. The van der Waals surface area contributed by atoms with E-state index in [4.69, 9.17) is 4.74 Å². The Balaban J connectivity index is 1.79. The molecule has 2 amide bonds. The molecule has 0 unspecified atom stereocenters. The second-order valence-electron chi connectivity index (χ2n) is 11.4. The highest BCUT2D eigenvalue weighted by Crippen LogP contribution is 2.27. The molecule has 10 heteroatoms. The third-order valence-electron chi connectivity index (χ3n) is 7.86. The van der Waals surface area contributed by atoms with E-state index in [1.807, 2.05) is 82.3 Å². The van der Waals surface area contributed by atoms with Crippen molar-refractivity contribution in [1.29, 1.82) is 0 Å². The van der Waals surface area contributed by atoms with Gasteiger partial charge in [0, 0.05) is 19.0 Å². The molecule has 47 heavy (non-hydrogen) atoms. The molecule has 0 aromatic heterocycles. The van der Waals surface area contributed by atoms with Gasteiger partial charge in [-0.3, -0.25) is 13.9 Å². The summed E-state index contributed by atoms with van der Waals surface area (Å²) in [6.07, 6.45) is 0.900. The van der Waals surface area contributed by atoms with E-state index in [-0.39, 0.29) is 35.5 Å². The minimum atomic E-state index is -4.33. The maximum Gasteiger partial charge on any atom is 0.264 e. The fourth-order valence-electron chi connectivity index (χ4n) is 5.02. The Morgan fingerprint density at radius 3 is 2.09 bits per heavy atom. The lowest BCUT2D eigenvalue weighted by Gasteiger charge is -2.34. The van der Waals surface area contributed by atoms with Gasteiger partial charge in [0.2, 0.25) is 11.8 Å². The Labute approximate surface area is 277 Å². The number of ether oxygens (including phenoxy) is 1. The number of hydrogen-bond acceptors (Lipinski definition) is 5. The van der Waals surface area contributed by atoms with Gasteiger partial charge in [-0.25, -0.2) is 12.8 Å². The third-order valence-corrected chi connectivity index (χ3v) is 9.65. The van der Waals surface area contributed by atoms with E-state index in [9.17, 15) is 22.4 Å². The van der Waals surface area contributed by atoms with Gasteiger partial charge < -0.3 is 15.0 Å². The second kappa shape index (κ2) is 16.2. The predicted octanol–water partition coefficient (Wildman–Crippen LogP) is 6.28. The summed E-state index contributed by atoms with van der Waals surface area (Å²) in [5.41, 5.74) is 2.76. The van der Waals surface area contributed by atoms with Crippen LogP contribution < -0.4 is 14.4 Å². The van der Waals surface area contributed by atoms with Gasteiger partial charge >= 0.3 is 0 Å². The van der Waals surface area contributed by atoms with Crippen molar-refractivity contribution in [2.45, 2.75) is 64.1 Å². The fourth-order valence-corrected chi connectivity index (χ4v) is 6.44. The molecule has 0 fully saturated rings. The lowest BCUT2D eigenvalue weighted by molar-refractivity contribution is -0.140. The van der Waals surface area contributed by atoms with Gasteiger partial charge in [-0.15, -0.1) is 0 Å². The molecule has 0 saturated heterocycles. The summed E-state index contributed by atoms with van der Waals surface area (Å²) < 4.78 is 48.7. The molecule has 0 spiro atoms.